The number of hydrogen-bond donors (Lipinski definition) is 0. The topological polar surface area (TPSA) is 0 Å². The maximum atomic E-state index is 15.3. The molecule has 0 aromatic heterocycles. The molecule has 4 aliphatic carbocycles. The third-order valence-corrected chi connectivity index (χ3v) is 9.10. The van der Waals surface area contributed by atoms with Crippen LogP contribution in [0.2, 0.25) is 0 Å². The fraction of sp³-hybridized carbons (Fsp3) is 0.733. The Bertz CT molecular complexity index is 828. The molecule has 0 nitrogen and oxygen atoms in total. The number of halogens is 4. The van der Waals surface area contributed by atoms with E-state index >= 15 is 17.6 Å². The van der Waals surface area contributed by atoms with Gasteiger partial charge in [-0.2, -0.15) is 17.6 Å². The van der Waals surface area contributed by atoms with E-state index in [0.717, 1.165) is 31.6 Å². The van der Waals surface area contributed by atoms with Crippen molar-refractivity contribution in [2.75, 3.05) is 0 Å². The van der Waals surface area contributed by atoms with Crippen molar-refractivity contribution in [1.82, 2.24) is 0 Å². The first kappa shape index (κ1) is 25.8. The molecule has 0 radical (unpaired) electrons. The van der Waals surface area contributed by atoms with Crippen LogP contribution < -0.4 is 0 Å². The minimum Gasteiger partial charge on any atom is -0.194 e. The lowest BCUT2D eigenvalue weighted by atomic mass is 9.71. The minimum absolute atomic E-state index is 0.340. The van der Waals surface area contributed by atoms with Gasteiger partial charge >= 0.3 is 11.8 Å². The number of hydrogen-bond acceptors (Lipinski definition) is 0. The van der Waals surface area contributed by atoms with Crippen molar-refractivity contribution in [1.29, 1.82) is 0 Å². The van der Waals surface area contributed by atoms with Gasteiger partial charge in [-0.1, -0.05) is 69.4 Å². The lowest BCUT2D eigenvalue weighted by molar-refractivity contribution is -0.167. The average Bonchev–Trinajstić information content (AvgIpc) is 2.83. The summed E-state index contributed by atoms with van der Waals surface area (Å²) >= 11 is 0. The van der Waals surface area contributed by atoms with Crippen LogP contribution in [0, 0.1) is 23.7 Å². The summed E-state index contributed by atoms with van der Waals surface area (Å²) in [5, 5.41) is 0. The van der Waals surface area contributed by atoms with Gasteiger partial charge < -0.3 is 0 Å². The zero-order valence-corrected chi connectivity index (χ0v) is 21.0. The van der Waals surface area contributed by atoms with Gasteiger partial charge in [0.1, 0.15) is 0 Å². The van der Waals surface area contributed by atoms with Crippen LogP contribution in [-0.4, -0.2) is 11.8 Å². The highest BCUT2D eigenvalue weighted by molar-refractivity contribution is 5.50. The SMILES string of the molecule is CCCC1CCC(C2=CC=C(C3=CC=C(C4CCC(CCC)CC4)C(F)(F)C3(F)F)CC2)CC1. The summed E-state index contributed by atoms with van der Waals surface area (Å²) in [5.74, 6) is -6.77. The van der Waals surface area contributed by atoms with Crippen LogP contribution in [0.15, 0.2) is 46.6 Å². The first-order chi connectivity index (χ1) is 16.3. The normalized spacial score (nSPS) is 33.5. The molecule has 190 valence electrons. The number of allylic oxidation sites excluding steroid dienone is 8. The Kier molecular flexibility index (Phi) is 8.14. The van der Waals surface area contributed by atoms with Crippen LogP contribution in [0.25, 0.3) is 0 Å². The van der Waals surface area contributed by atoms with Crippen LogP contribution >= 0.6 is 0 Å². The standard InChI is InChI=1S/C30H42F4/c1-3-5-21-7-11-23(12-8-21)24-15-17-26(18-16-24)28-20-19-27(29(31,32)30(28,33)34)25-13-9-22(6-4-2)10-14-25/h15,17,19-23,25H,3-14,16,18H2,1-2H3. The van der Waals surface area contributed by atoms with E-state index in [2.05, 4.69) is 13.8 Å². The van der Waals surface area contributed by atoms with Gasteiger partial charge in [0, 0.05) is 11.1 Å². The summed E-state index contributed by atoms with van der Waals surface area (Å²) in [7, 11) is 0. The largest absolute Gasteiger partial charge is 0.339 e. The molecule has 0 aromatic rings. The molecular formula is C30H42F4. The van der Waals surface area contributed by atoms with Gasteiger partial charge in [-0.05, 0) is 93.5 Å². The zero-order valence-electron chi connectivity index (χ0n) is 21.0. The molecule has 0 atom stereocenters. The summed E-state index contributed by atoms with van der Waals surface area (Å²) in [6.07, 6.45) is 20.0. The highest BCUT2D eigenvalue weighted by atomic mass is 19.3. The summed E-state index contributed by atoms with van der Waals surface area (Å²) < 4.78 is 61.1. The highest BCUT2D eigenvalue weighted by Crippen LogP contribution is 2.54. The fourth-order valence-corrected chi connectivity index (χ4v) is 7.05. The van der Waals surface area contributed by atoms with Crippen LogP contribution in [0.5, 0.6) is 0 Å². The maximum Gasteiger partial charge on any atom is 0.339 e. The molecular weight excluding hydrogens is 436 g/mol. The van der Waals surface area contributed by atoms with Gasteiger partial charge in [-0.15, -0.1) is 0 Å². The van der Waals surface area contributed by atoms with Crippen molar-refractivity contribution in [3.8, 4) is 0 Å². The maximum absolute atomic E-state index is 15.3. The van der Waals surface area contributed by atoms with E-state index in [1.807, 2.05) is 6.08 Å². The zero-order chi connectivity index (χ0) is 24.3. The van der Waals surface area contributed by atoms with E-state index in [1.54, 1.807) is 6.08 Å². The average molecular weight is 479 g/mol. The van der Waals surface area contributed by atoms with Gasteiger partial charge in [0.2, 0.25) is 0 Å². The number of rotatable bonds is 7. The van der Waals surface area contributed by atoms with E-state index in [9.17, 15) is 0 Å². The molecule has 0 bridgehead atoms. The van der Waals surface area contributed by atoms with Gasteiger partial charge in [-0.3, -0.25) is 0 Å². The quantitative estimate of drug-likeness (QED) is 0.319. The van der Waals surface area contributed by atoms with E-state index in [1.165, 1.54) is 56.3 Å². The summed E-state index contributed by atoms with van der Waals surface area (Å²) in [6, 6.07) is 0. The lowest BCUT2D eigenvalue weighted by Gasteiger charge is -2.39. The van der Waals surface area contributed by atoms with Crippen LogP contribution in [0.3, 0.4) is 0 Å². The Morgan fingerprint density at radius 3 is 1.71 bits per heavy atom. The van der Waals surface area contributed by atoms with Gasteiger partial charge in [0.15, 0.2) is 0 Å². The van der Waals surface area contributed by atoms with E-state index in [-0.39, 0.29) is 5.57 Å². The molecule has 0 aromatic carbocycles. The van der Waals surface area contributed by atoms with E-state index < -0.39 is 23.3 Å². The smallest absolute Gasteiger partial charge is 0.194 e. The Labute approximate surface area is 203 Å². The van der Waals surface area contributed by atoms with Gasteiger partial charge in [0.05, 0.1) is 0 Å². The predicted octanol–water partition coefficient (Wildman–Crippen LogP) is 9.98. The van der Waals surface area contributed by atoms with Gasteiger partial charge in [0.25, 0.3) is 0 Å². The molecule has 2 fully saturated rings. The summed E-state index contributed by atoms with van der Waals surface area (Å²) in [5.41, 5.74) is 0.899. The highest BCUT2D eigenvalue weighted by Gasteiger charge is 2.63. The Morgan fingerprint density at radius 1 is 0.647 bits per heavy atom. The molecule has 0 aliphatic heterocycles. The molecule has 0 saturated heterocycles. The second kappa shape index (κ2) is 10.7. The second-order valence-corrected chi connectivity index (χ2v) is 11.3. The Morgan fingerprint density at radius 2 is 1.21 bits per heavy atom. The van der Waals surface area contributed by atoms with Gasteiger partial charge in [-0.25, -0.2) is 0 Å². The first-order valence-corrected chi connectivity index (χ1v) is 13.9. The molecule has 0 unspecified atom stereocenters. The molecule has 2 saturated carbocycles. The van der Waals surface area contributed by atoms with Crippen LogP contribution in [0.1, 0.15) is 104 Å². The lowest BCUT2D eigenvalue weighted by Crippen LogP contribution is -2.47. The molecule has 0 amide bonds. The second-order valence-electron chi connectivity index (χ2n) is 11.3. The molecule has 0 N–H and O–H groups in total. The summed E-state index contributed by atoms with van der Waals surface area (Å²) in [6.45, 7) is 4.37. The summed E-state index contributed by atoms with van der Waals surface area (Å²) in [4.78, 5) is 0. The molecule has 4 rings (SSSR count). The van der Waals surface area contributed by atoms with Crippen molar-refractivity contribution in [3.05, 3.63) is 46.6 Å². The molecule has 4 aliphatic rings. The third kappa shape index (κ3) is 5.12. The minimum atomic E-state index is -4.15. The van der Waals surface area contributed by atoms with E-state index in [0.29, 0.717) is 43.1 Å². The third-order valence-electron chi connectivity index (χ3n) is 9.10. The first-order valence-electron chi connectivity index (χ1n) is 13.9. The number of alkyl halides is 4. The van der Waals surface area contributed by atoms with Crippen molar-refractivity contribution >= 4 is 0 Å². The fourth-order valence-electron chi connectivity index (χ4n) is 7.05. The molecule has 34 heavy (non-hydrogen) atoms. The van der Waals surface area contributed by atoms with Crippen LogP contribution in [0.4, 0.5) is 17.6 Å². The molecule has 4 heteroatoms. The van der Waals surface area contributed by atoms with Crippen molar-refractivity contribution < 1.29 is 17.6 Å². The molecule has 0 heterocycles. The Hall–Kier alpha value is -1.32. The monoisotopic (exact) mass is 478 g/mol. The van der Waals surface area contributed by atoms with Crippen LogP contribution in [-0.2, 0) is 0 Å². The van der Waals surface area contributed by atoms with E-state index in [4.69, 9.17) is 0 Å². The Balaban J connectivity index is 1.48. The van der Waals surface area contributed by atoms with Crippen molar-refractivity contribution in [2.24, 2.45) is 23.7 Å². The van der Waals surface area contributed by atoms with Crippen molar-refractivity contribution in [2.45, 2.75) is 116 Å². The predicted molar refractivity (Wildman–Crippen MR) is 132 cm³/mol. The van der Waals surface area contributed by atoms with Crippen molar-refractivity contribution in [3.63, 3.8) is 0 Å². The molecule has 0 spiro atoms.